The van der Waals surface area contributed by atoms with Gasteiger partial charge >= 0.3 is 29.8 Å². The number of carbonyl (C=O) groups is 5. The molecule has 5 aromatic carbocycles. The van der Waals surface area contributed by atoms with Gasteiger partial charge in [-0.2, -0.15) is 0 Å². The molecule has 0 aromatic heterocycles. The lowest BCUT2D eigenvalue weighted by atomic mass is 10.1. The van der Waals surface area contributed by atoms with E-state index in [9.17, 15) is 75.0 Å². The highest BCUT2D eigenvalue weighted by molar-refractivity contribution is 5.98. The molecule has 5 rings (SSSR count). The average Bonchev–Trinajstić information content (AvgIpc) is 3.16. The van der Waals surface area contributed by atoms with E-state index >= 15 is 0 Å². The van der Waals surface area contributed by atoms with Crippen molar-refractivity contribution in [2.75, 3.05) is 7.11 Å². The first-order chi connectivity index (χ1) is 26.8. The Morgan fingerprint density at radius 3 is 0.807 bits per heavy atom. The summed E-state index contributed by atoms with van der Waals surface area (Å²) in [5.41, 5.74) is -2.65. The first-order valence-electron chi connectivity index (χ1n) is 15.5. The molecule has 0 amide bonds. The van der Waals surface area contributed by atoms with Crippen LogP contribution in [0.5, 0.6) is 80.5 Å². The second-order valence-corrected chi connectivity index (χ2v) is 11.6. The van der Waals surface area contributed by atoms with Gasteiger partial charge in [0.1, 0.15) is 11.5 Å². The lowest BCUT2D eigenvalue weighted by molar-refractivity contribution is 0.0596. The molecule has 20 nitrogen and oxygen atoms in total. The lowest BCUT2D eigenvalue weighted by Gasteiger charge is -2.13. The lowest BCUT2D eigenvalue weighted by Crippen LogP contribution is -2.13. The molecule has 0 saturated carbocycles. The number of phenolic OH excluding ortho intramolecular Hbond substituents is 10. The zero-order chi connectivity index (χ0) is 42.0. The minimum Gasteiger partial charge on any atom is -0.508 e. The van der Waals surface area contributed by atoms with Crippen LogP contribution in [0.2, 0.25) is 0 Å². The largest absolute Gasteiger partial charge is 0.508 e. The van der Waals surface area contributed by atoms with Crippen molar-refractivity contribution in [3.8, 4) is 80.5 Å². The smallest absolute Gasteiger partial charge is 0.343 e. The Balaban J connectivity index is 1.37. The van der Waals surface area contributed by atoms with Gasteiger partial charge in [0.2, 0.25) is 23.0 Å². The van der Waals surface area contributed by atoms with Gasteiger partial charge in [0.25, 0.3) is 0 Å². The zero-order valence-corrected chi connectivity index (χ0v) is 28.8. The summed E-state index contributed by atoms with van der Waals surface area (Å²) in [7, 11) is 1.02. The molecule has 0 unspecified atom stereocenters. The number of benzene rings is 5. The molecule has 0 radical (unpaired) electrons. The summed E-state index contributed by atoms with van der Waals surface area (Å²) < 4.78 is 24.7. The molecule has 0 heterocycles. The Morgan fingerprint density at radius 2 is 0.561 bits per heavy atom. The fourth-order valence-corrected chi connectivity index (χ4v) is 4.71. The first-order valence-corrected chi connectivity index (χ1v) is 15.5. The Bertz CT molecular complexity index is 2500. The fraction of sp³-hybridized carbons (Fsp3) is 0.0541. The van der Waals surface area contributed by atoms with E-state index in [1.54, 1.807) is 0 Å². The molecule has 0 fully saturated rings. The van der Waals surface area contributed by atoms with Crippen LogP contribution in [0.15, 0.2) is 60.7 Å². The minimum atomic E-state index is -1.47. The van der Waals surface area contributed by atoms with Gasteiger partial charge in [-0.15, -0.1) is 0 Å². The number of hydrogen-bond acceptors (Lipinski definition) is 20. The van der Waals surface area contributed by atoms with Gasteiger partial charge in [0, 0.05) is 5.56 Å². The number of phenols is 10. The number of hydrogen-bond donors (Lipinski definition) is 10. The predicted octanol–water partition coefficient (Wildman–Crippen LogP) is 3.71. The van der Waals surface area contributed by atoms with Gasteiger partial charge in [-0.05, 0) is 67.6 Å². The number of carbonyl (C=O) groups excluding carboxylic acids is 5. The third-order valence-electron chi connectivity index (χ3n) is 7.75. The molecule has 20 heteroatoms. The molecule has 10 N–H and O–H groups in total. The summed E-state index contributed by atoms with van der Waals surface area (Å²) in [6, 6.07) is 7.52. The molecular formula is C37H26O20. The van der Waals surface area contributed by atoms with Crippen LogP contribution in [-0.2, 0) is 4.74 Å². The van der Waals surface area contributed by atoms with Crippen LogP contribution < -0.4 is 18.9 Å². The quantitative estimate of drug-likeness (QED) is 0.0577. The van der Waals surface area contributed by atoms with Crippen LogP contribution in [-0.4, -0.2) is 88.0 Å². The van der Waals surface area contributed by atoms with E-state index in [-0.39, 0.29) is 11.1 Å². The van der Waals surface area contributed by atoms with E-state index in [4.69, 9.17) is 18.9 Å². The maximum Gasteiger partial charge on any atom is 0.343 e. The molecule has 0 aliphatic heterocycles. The van der Waals surface area contributed by atoms with Gasteiger partial charge in [0.05, 0.1) is 34.9 Å². The molecule has 57 heavy (non-hydrogen) atoms. The van der Waals surface area contributed by atoms with Crippen LogP contribution in [0.4, 0.5) is 0 Å². The van der Waals surface area contributed by atoms with Crippen molar-refractivity contribution in [3.05, 3.63) is 94.0 Å². The third kappa shape index (κ3) is 8.18. The summed E-state index contributed by atoms with van der Waals surface area (Å²) in [6.45, 7) is 1.35. The topological polar surface area (TPSA) is 334 Å². The van der Waals surface area contributed by atoms with Crippen LogP contribution >= 0.6 is 0 Å². The van der Waals surface area contributed by atoms with Crippen LogP contribution in [0.1, 0.15) is 57.4 Å². The molecule has 5 aromatic rings. The minimum absolute atomic E-state index is 0.0422. The number of ether oxygens (including phenoxy) is 5. The standard InChI is InChI=1S/C37H26O20/c1-13-19(38)3-14(4-20(13)39)34(49)54-26-10-16(6-22(41)30(26)45)36(51)56-28-12-18(8-24(43)32(28)47)37(52)57-27-11-17(7-23(42)31(27)46)35(50)55-25-9-15(33(48)53-2)5-21(40)29(25)44/h3-12,38-47H,1-2H3. The van der Waals surface area contributed by atoms with Crippen LogP contribution in [0, 0.1) is 6.92 Å². The van der Waals surface area contributed by atoms with E-state index in [0.29, 0.717) is 36.4 Å². The predicted molar refractivity (Wildman–Crippen MR) is 185 cm³/mol. The van der Waals surface area contributed by atoms with Crippen molar-refractivity contribution in [1.82, 2.24) is 0 Å². The normalized spacial score (nSPS) is 10.6. The Labute approximate surface area is 317 Å². The van der Waals surface area contributed by atoms with E-state index < -0.39 is 133 Å². The monoisotopic (exact) mass is 790 g/mol. The molecule has 0 aliphatic rings. The summed E-state index contributed by atoms with van der Waals surface area (Å²) >= 11 is 0. The SMILES string of the molecule is COC(=O)c1cc(O)c(O)c(OC(=O)c2cc(O)c(O)c(OC(=O)c3cc(O)c(O)c(OC(=O)c4cc(O)c(O)c(OC(=O)c5cc(O)c(C)c(O)c5)c4)c3)c2)c1. The number of aromatic hydroxyl groups is 10. The maximum absolute atomic E-state index is 13.1. The highest BCUT2D eigenvalue weighted by Gasteiger charge is 2.26. The van der Waals surface area contributed by atoms with E-state index in [1.165, 1.54) is 6.92 Å². The second-order valence-electron chi connectivity index (χ2n) is 11.6. The maximum atomic E-state index is 13.1. The molecule has 0 spiro atoms. The average molecular weight is 791 g/mol. The summed E-state index contributed by atoms with van der Waals surface area (Å²) in [4.78, 5) is 63.7. The van der Waals surface area contributed by atoms with Crippen molar-refractivity contribution in [1.29, 1.82) is 0 Å². The third-order valence-corrected chi connectivity index (χ3v) is 7.75. The Morgan fingerprint density at radius 1 is 0.351 bits per heavy atom. The highest BCUT2D eigenvalue weighted by Crippen LogP contribution is 2.42. The molecular weight excluding hydrogens is 764 g/mol. The summed E-state index contributed by atoms with van der Waals surface area (Å²) in [6.07, 6.45) is 0. The van der Waals surface area contributed by atoms with Crippen molar-refractivity contribution in [3.63, 3.8) is 0 Å². The van der Waals surface area contributed by atoms with Gasteiger partial charge in [-0.1, -0.05) is 0 Å². The Hall–Kier alpha value is -8.55. The van der Waals surface area contributed by atoms with Crippen molar-refractivity contribution < 1.29 is 98.7 Å². The van der Waals surface area contributed by atoms with E-state index in [0.717, 1.165) is 31.4 Å². The highest BCUT2D eigenvalue weighted by atomic mass is 16.6. The van der Waals surface area contributed by atoms with Crippen molar-refractivity contribution in [2.24, 2.45) is 0 Å². The number of esters is 5. The summed E-state index contributed by atoms with van der Waals surface area (Å²) in [5.74, 6) is -19.0. The molecule has 0 atom stereocenters. The molecule has 0 bridgehead atoms. The van der Waals surface area contributed by atoms with Gasteiger partial charge in [-0.25, -0.2) is 24.0 Å². The van der Waals surface area contributed by atoms with Crippen LogP contribution in [0.25, 0.3) is 0 Å². The molecule has 294 valence electrons. The van der Waals surface area contributed by atoms with Crippen molar-refractivity contribution >= 4 is 29.8 Å². The van der Waals surface area contributed by atoms with Gasteiger partial charge < -0.3 is 74.7 Å². The second kappa shape index (κ2) is 15.4. The number of methoxy groups -OCH3 is 1. The zero-order valence-electron chi connectivity index (χ0n) is 28.8. The molecule has 0 saturated heterocycles. The molecule has 0 aliphatic carbocycles. The Kier molecular flexibility index (Phi) is 10.7. The number of rotatable bonds is 9. The first kappa shape index (κ1) is 39.7. The van der Waals surface area contributed by atoms with Gasteiger partial charge in [0.15, 0.2) is 46.0 Å². The van der Waals surface area contributed by atoms with Crippen molar-refractivity contribution in [2.45, 2.75) is 6.92 Å². The van der Waals surface area contributed by atoms with Gasteiger partial charge in [-0.3, -0.25) is 0 Å². The van der Waals surface area contributed by atoms with E-state index in [1.807, 2.05) is 0 Å². The fourth-order valence-electron chi connectivity index (χ4n) is 4.71. The van der Waals surface area contributed by atoms with Crippen LogP contribution in [0.3, 0.4) is 0 Å². The summed E-state index contributed by atoms with van der Waals surface area (Å²) in [5, 5.41) is 102. The van der Waals surface area contributed by atoms with E-state index in [2.05, 4.69) is 4.74 Å².